The highest BCUT2D eigenvalue weighted by Gasteiger charge is 2.29. The van der Waals surface area contributed by atoms with Gasteiger partial charge in [0.05, 0.1) is 16.4 Å². The quantitative estimate of drug-likeness (QED) is 0.330. The SMILES string of the molecule is NS(=O)(=O)c1ccc(Cc2c(-c3ccc(F)cc3)nn(-c3nc(C(=O)O)cs3)c2CC2CC2)cc1Cl. The number of carboxylic acid groups (broad SMARTS) is 1. The Morgan fingerprint density at radius 1 is 1.22 bits per heavy atom. The first-order chi connectivity index (χ1) is 17.1. The summed E-state index contributed by atoms with van der Waals surface area (Å²) >= 11 is 7.41. The lowest BCUT2D eigenvalue weighted by atomic mass is 9.97. The van der Waals surface area contributed by atoms with E-state index in [9.17, 15) is 22.7 Å². The van der Waals surface area contributed by atoms with Gasteiger partial charge in [-0.05, 0) is 67.1 Å². The summed E-state index contributed by atoms with van der Waals surface area (Å²) in [5.74, 6) is -1.04. The number of carbonyl (C=O) groups is 1. The van der Waals surface area contributed by atoms with Crippen molar-refractivity contribution in [2.24, 2.45) is 11.1 Å². The Morgan fingerprint density at radius 3 is 2.53 bits per heavy atom. The van der Waals surface area contributed by atoms with Crippen LogP contribution in [0.25, 0.3) is 16.4 Å². The standard InChI is InChI=1S/C24H20ClFN4O4S2/c25-18-10-14(3-8-21(18)36(27,33)34)9-17-20(11-13-1-2-13)30(24-28-19(12-35-24)23(31)32)29-22(17)15-4-6-16(26)7-5-15/h3-8,10,12-13H,1-2,9,11H2,(H,31,32)(H2,27,33,34). The fourth-order valence-corrected chi connectivity index (χ4v) is 5.91. The molecule has 0 saturated heterocycles. The van der Waals surface area contributed by atoms with Gasteiger partial charge in [0.2, 0.25) is 15.2 Å². The molecule has 1 aliphatic rings. The fourth-order valence-electron chi connectivity index (χ4n) is 4.02. The number of nitrogens with zero attached hydrogens (tertiary/aromatic N) is 3. The van der Waals surface area contributed by atoms with Crippen molar-refractivity contribution in [1.82, 2.24) is 14.8 Å². The van der Waals surface area contributed by atoms with E-state index in [0.29, 0.717) is 35.1 Å². The van der Waals surface area contributed by atoms with E-state index in [1.165, 1.54) is 34.9 Å². The van der Waals surface area contributed by atoms with E-state index in [1.54, 1.807) is 28.9 Å². The maximum absolute atomic E-state index is 13.7. The number of hydrogen-bond donors (Lipinski definition) is 2. The molecule has 0 bridgehead atoms. The molecule has 1 saturated carbocycles. The van der Waals surface area contributed by atoms with Gasteiger partial charge in [-0.2, -0.15) is 5.10 Å². The molecule has 2 aromatic carbocycles. The number of benzene rings is 2. The molecule has 1 aliphatic carbocycles. The summed E-state index contributed by atoms with van der Waals surface area (Å²) in [6.07, 6.45) is 3.21. The van der Waals surface area contributed by atoms with Crippen LogP contribution in [-0.4, -0.2) is 34.3 Å². The summed E-state index contributed by atoms with van der Waals surface area (Å²) in [4.78, 5) is 15.5. The predicted octanol–water partition coefficient (Wildman–Crippen LogP) is 4.68. The highest BCUT2D eigenvalue weighted by molar-refractivity contribution is 7.89. The van der Waals surface area contributed by atoms with Gasteiger partial charge in [-0.15, -0.1) is 11.3 Å². The van der Waals surface area contributed by atoms with Crippen LogP contribution in [-0.2, 0) is 22.9 Å². The number of aromatic carboxylic acids is 1. The Kier molecular flexibility index (Phi) is 6.41. The van der Waals surface area contributed by atoms with Gasteiger partial charge in [-0.1, -0.05) is 17.7 Å². The monoisotopic (exact) mass is 546 g/mol. The van der Waals surface area contributed by atoms with Crippen LogP contribution in [0.1, 0.15) is 40.2 Å². The minimum Gasteiger partial charge on any atom is -0.476 e. The Bertz CT molecular complexity index is 1580. The van der Waals surface area contributed by atoms with Crippen LogP contribution in [0.2, 0.25) is 5.02 Å². The smallest absolute Gasteiger partial charge is 0.355 e. The molecule has 4 aromatic rings. The van der Waals surface area contributed by atoms with Gasteiger partial charge in [0, 0.05) is 22.9 Å². The van der Waals surface area contributed by atoms with Crippen molar-refractivity contribution in [3.05, 3.63) is 81.2 Å². The number of nitrogens with two attached hydrogens (primary N) is 1. The van der Waals surface area contributed by atoms with Gasteiger partial charge in [0.1, 0.15) is 10.7 Å². The maximum atomic E-state index is 13.7. The topological polar surface area (TPSA) is 128 Å². The molecule has 0 amide bonds. The van der Waals surface area contributed by atoms with Crippen LogP contribution in [0.15, 0.2) is 52.7 Å². The van der Waals surface area contributed by atoms with Gasteiger partial charge in [0.25, 0.3) is 0 Å². The Morgan fingerprint density at radius 2 is 1.94 bits per heavy atom. The molecule has 0 radical (unpaired) electrons. The van der Waals surface area contributed by atoms with Crippen molar-refractivity contribution in [3.8, 4) is 16.4 Å². The molecular formula is C24H20ClFN4O4S2. The summed E-state index contributed by atoms with van der Waals surface area (Å²) in [6.45, 7) is 0. The molecule has 12 heteroatoms. The van der Waals surface area contributed by atoms with Gasteiger partial charge in [-0.25, -0.2) is 32.4 Å². The molecule has 0 unspecified atom stereocenters. The third-order valence-corrected chi connectivity index (χ3v) is 8.17. The number of carboxylic acids is 1. The minimum atomic E-state index is -3.97. The first-order valence-corrected chi connectivity index (χ1v) is 13.8. The van der Waals surface area contributed by atoms with Crippen molar-refractivity contribution >= 4 is 38.9 Å². The van der Waals surface area contributed by atoms with Crippen LogP contribution < -0.4 is 5.14 Å². The summed E-state index contributed by atoms with van der Waals surface area (Å²) in [5, 5.41) is 21.3. The second-order valence-electron chi connectivity index (χ2n) is 8.65. The van der Waals surface area contributed by atoms with Crippen molar-refractivity contribution < 1.29 is 22.7 Å². The molecule has 1 fully saturated rings. The molecule has 5 rings (SSSR count). The predicted molar refractivity (Wildman–Crippen MR) is 134 cm³/mol. The number of hydrogen-bond acceptors (Lipinski definition) is 6. The highest BCUT2D eigenvalue weighted by atomic mass is 35.5. The van der Waals surface area contributed by atoms with Gasteiger partial charge >= 0.3 is 5.97 Å². The molecule has 8 nitrogen and oxygen atoms in total. The summed E-state index contributed by atoms with van der Waals surface area (Å²) in [6, 6.07) is 10.5. The largest absolute Gasteiger partial charge is 0.476 e. The lowest BCUT2D eigenvalue weighted by Gasteiger charge is -2.10. The Balaban J connectivity index is 1.67. The van der Waals surface area contributed by atoms with Crippen molar-refractivity contribution in [3.63, 3.8) is 0 Å². The molecule has 0 aliphatic heterocycles. The third-order valence-electron chi connectivity index (χ3n) is 5.96. The number of rotatable bonds is 8. The summed E-state index contributed by atoms with van der Waals surface area (Å²) < 4.78 is 38.9. The normalized spacial score (nSPS) is 13.8. The first-order valence-electron chi connectivity index (χ1n) is 11.0. The zero-order valence-corrected chi connectivity index (χ0v) is 21.1. The van der Waals surface area contributed by atoms with E-state index >= 15 is 0 Å². The number of aromatic nitrogens is 3. The molecule has 36 heavy (non-hydrogen) atoms. The van der Waals surface area contributed by atoms with Crippen LogP contribution in [0.4, 0.5) is 4.39 Å². The van der Waals surface area contributed by atoms with Crippen molar-refractivity contribution in [2.75, 3.05) is 0 Å². The van der Waals surface area contributed by atoms with Crippen LogP contribution in [0.3, 0.4) is 0 Å². The number of halogens is 2. The number of thiazole rings is 1. The summed E-state index contributed by atoms with van der Waals surface area (Å²) in [5.41, 5.74) is 3.67. The average Bonchev–Trinajstić information content (AvgIpc) is 3.37. The zero-order chi connectivity index (χ0) is 25.6. The maximum Gasteiger partial charge on any atom is 0.355 e. The van der Waals surface area contributed by atoms with Crippen LogP contribution >= 0.6 is 22.9 Å². The first kappa shape index (κ1) is 24.6. The number of sulfonamides is 1. The van der Waals surface area contributed by atoms with E-state index in [2.05, 4.69) is 4.98 Å². The van der Waals surface area contributed by atoms with Crippen LogP contribution in [0.5, 0.6) is 0 Å². The lowest BCUT2D eigenvalue weighted by molar-refractivity contribution is 0.0691. The van der Waals surface area contributed by atoms with Crippen LogP contribution in [0, 0.1) is 11.7 Å². The molecule has 2 aromatic heterocycles. The lowest BCUT2D eigenvalue weighted by Crippen LogP contribution is -2.12. The van der Waals surface area contributed by atoms with E-state index in [-0.39, 0.29) is 21.4 Å². The molecule has 0 atom stereocenters. The van der Waals surface area contributed by atoms with E-state index < -0.39 is 16.0 Å². The molecule has 186 valence electrons. The minimum absolute atomic E-state index is 0.0143. The average molecular weight is 547 g/mol. The Labute approximate surface area is 215 Å². The second kappa shape index (κ2) is 9.40. The second-order valence-corrected chi connectivity index (χ2v) is 11.4. The van der Waals surface area contributed by atoms with Gasteiger partial charge in [0.15, 0.2) is 5.69 Å². The van der Waals surface area contributed by atoms with Crippen molar-refractivity contribution in [1.29, 1.82) is 0 Å². The van der Waals surface area contributed by atoms with E-state index in [1.807, 2.05) is 0 Å². The molecule has 2 heterocycles. The van der Waals surface area contributed by atoms with E-state index in [4.69, 9.17) is 21.8 Å². The number of primary sulfonamides is 1. The highest BCUT2D eigenvalue weighted by Crippen LogP contribution is 2.38. The Hall–Kier alpha value is -3.12. The van der Waals surface area contributed by atoms with Gasteiger partial charge < -0.3 is 5.11 Å². The molecule has 3 N–H and O–H groups in total. The fraction of sp³-hybridized carbons (Fsp3) is 0.208. The van der Waals surface area contributed by atoms with E-state index in [0.717, 1.165) is 29.7 Å². The molecular weight excluding hydrogens is 527 g/mol. The third kappa shape index (κ3) is 5.05. The van der Waals surface area contributed by atoms with Gasteiger partial charge in [-0.3, -0.25) is 0 Å². The zero-order valence-electron chi connectivity index (χ0n) is 18.7. The molecule has 0 spiro atoms. The van der Waals surface area contributed by atoms with Crippen molar-refractivity contribution in [2.45, 2.75) is 30.6 Å². The summed E-state index contributed by atoms with van der Waals surface area (Å²) in [7, 11) is -3.97.